The molecule has 4 heteroatoms. The molecule has 1 N–H and O–H groups in total. The van der Waals surface area contributed by atoms with Crippen LogP contribution in [-0.2, 0) is 4.74 Å². The quantitative estimate of drug-likeness (QED) is 0.688. The number of hydrogen-bond donors (Lipinski definition) is 1. The average Bonchev–Trinajstić information content (AvgIpc) is 2.51. The van der Waals surface area contributed by atoms with Crippen molar-refractivity contribution in [2.75, 3.05) is 0 Å². The zero-order valence-corrected chi connectivity index (χ0v) is 8.19. The summed E-state index contributed by atoms with van der Waals surface area (Å²) in [5, 5.41) is 2.65. The number of carbonyl (C=O) groups is 1. The van der Waals surface area contributed by atoms with Crippen LogP contribution in [0.25, 0.3) is 0 Å². The molecule has 4 nitrogen and oxygen atoms in total. The van der Waals surface area contributed by atoms with Crippen LogP contribution < -0.4 is 5.32 Å². The zero-order chi connectivity index (χ0) is 10.1. The highest BCUT2D eigenvalue weighted by molar-refractivity contribution is 5.79. The van der Waals surface area contributed by atoms with Gasteiger partial charge in [0.2, 0.25) is 0 Å². The van der Waals surface area contributed by atoms with E-state index in [0.29, 0.717) is 5.70 Å². The standard InChI is InChI=1S/C10H14N2O2/c1-7-5-6-12(10(13)11-7)9-4-3-8(2)14-9/h5-6,8-9H,1,3-4H2,2H3,(H,11,13). The highest BCUT2D eigenvalue weighted by Crippen LogP contribution is 2.23. The van der Waals surface area contributed by atoms with E-state index in [1.54, 1.807) is 17.2 Å². The maximum Gasteiger partial charge on any atom is 0.327 e. The fraction of sp³-hybridized carbons (Fsp3) is 0.500. The third kappa shape index (κ3) is 1.65. The number of allylic oxidation sites excluding steroid dienone is 1. The lowest BCUT2D eigenvalue weighted by Gasteiger charge is -2.28. The summed E-state index contributed by atoms with van der Waals surface area (Å²) in [6.45, 7) is 5.67. The van der Waals surface area contributed by atoms with Crippen LogP contribution in [-0.4, -0.2) is 23.3 Å². The fourth-order valence-electron chi connectivity index (χ4n) is 1.69. The molecule has 14 heavy (non-hydrogen) atoms. The topological polar surface area (TPSA) is 41.6 Å². The summed E-state index contributed by atoms with van der Waals surface area (Å²) in [7, 11) is 0. The van der Waals surface area contributed by atoms with E-state index in [1.807, 2.05) is 6.92 Å². The van der Waals surface area contributed by atoms with E-state index in [2.05, 4.69) is 11.9 Å². The van der Waals surface area contributed by atoms with E-state index in [4.69, 9.17) is 4.74 Å². The molecule has 0 aromatic heterocycles. The Labute approximate surface area is 83.2 Å². The first-order valence-corrected chi connectivity index (χ1v) is 4.78. The van der Waals surface area contributed by atoms with Gasteiger partial charge in [-0.25, -0.2) is 4.79 Å². The second kappa shape index (κ2) is 3.46. The molecule has 2 atom stereocenters. The van der Waals surface area contributed by atoms with Gasteiger partial charge in [0.25, 0.3) is 0 Å². The highest BCUT2D eigenvalue weighted by atomic mass is 16.5. The van der Waals surface area contributed by atoms with E-state index in [9.17, 15) is 4.79 Å². The van der Waals surface area contributed by atoms with Crippen molar-refractivity contribution >= 4 is 6.03 Å². The van der Waals surface area contributed by atoms with Crippen LogP contribution in [0.4, 0.5) is 4.79 Å². The minimum Gasteiger partial charge on any atom is -0.355 e. The molecule has 0 radical (unpaired) electrons. The molecule has 2 rings (SSSR count). The van der Waals surface area contributed by atoms with Gasteiger partial charge in [-0.1, -0.05) is 6.58 Å². The Morgan fingerprint density at radius 1 is 1.64 bits per heavy atom. The molecule has 0 aliphatic carbocycles. The number of hydrogen-bond acceptors (Lipinski definition) is 2. The second-order valence-corrected chi connectivity index (χ2v) is 3.66. The molecule has 2 amide bonds. The number of amides is 2. The minimum absolute atomic E-state index is 0.116. The Morgan fingerprint density at radius 2 is 2.43 bits per heavy atom. The molecule has 2 aliphatic heterocycles. The van der Waals surface area contributed by atoms with Crippen molar-refractivity contribution in [3.63, 3.8) is 0 Å². The van der Waals surface area contributed by atoms with Crippen LogP contribution in [0, 0.1) is 0 Å². The van der Waals surface area contributed by atoms with Crippen molar-refractivity contribution < 1.29 is 9.53 Å². The maximum absolute atomic E-state index is 11.5. The van der Waals surface area contributed by atoms with E-state index < -0.39 is 0 Å². The van der Waals surface area contributed by atoms with Gasteiger partial charge in [0.15, 0.2) is 0 Å². The van der Waals surface area contributed by atoms with Gasteiger partial charge in [-0.15, -0.1) is 0 Å². The number of rotatable bonds is 1. The lowest BCUT2D eigenvalue weighted by atomic mass is 10.2. The van der Waals surface area contributed by atoms with Gasteiger partial charge < -0.3 is 10.1 Å². The molecule has 1 fully saturated rings. The van der Waals surface area contributed by atoms with Crippen LogP contribution in [0.2, 0.25) is 0 Å². The third-order valence-corrected chi connectivity index (χ3v) is 2.46. The Hall–Kier alpha value is -1.29. The molecule has 1 saturated heterocycles. The summed E-state index contributed by atoms with van der Waals surface area (Å²) in [5.41, 5.74) is 0.622. The van der Waals surface area contributed by atoms with Crippen LogP contribution >= 0.6 is 0 Å². The molecule has 76 valence electrons. The molecule has 0 bridgehead atoms. The Balaban J connectivity index is 2.07. The van der Waals surface area contributed by atoms with Crippen LogP contribution in [0.15, 0.2) is 24.6 Å². The first kappa shape index (κ1) is 9.27. The van der Waals surface area contributed by atoms with Crippen LogP contribution in [0.5, 0.6) is 0 Å². The normalized spacial score (nSPS) is 32.2. The average molecular weight is 194 g/mol. The predicted molar refractivity (Wildman–Crippen MR) is 52.2 cm³/mol. The first-order chi connectivity index (χ1) is 6.66. The molecule has 2 aliphatic rings. The summed E-state index contributed by atoms with van der Waals surface area (Å²) < 4.78 is 5.59. The molecule has 0 spiro atoms. The molecule has 2 heterocycles. The number of carbonyl (C=O) groups excluding carboxylic acids is 1. The van der Waals surface area contributed by atoms with Crippen LogP contribution in [0.3, 0.4) is 0 Å². The van der Waals surface area contributed by atoms with Gasteiger partial charge in [0.1, 0.15) is 6.23 Å². The number of ether oxygens (including phenoxy) is 1. The van der Waals surface area contributed by atoms with Crippen molar-refractivity contribution in [1.82, 2.24) is 10.2 Å². The third-order valence-electron chi connectivity index (χ3n) is 2.46. The molecule has 0 aromatic rings. The van der Waals surface area contributed by atoms with E-state index in [-0.39, 0.29) is 18.4 Å². The summed E-state index contributed by atoms with van der Waals surface area (Å²) >= 11 is 0. The van der Waals surface area contributed by atoms with Gasteiger partial charge in [0.05, 0.1) is 6.10 Å². The Bertz CT molecular complexity index is 298. The second-order valence-electron chi connectivity index (χ2n) is 3.66. The van der Waals surface area contributed by atoms with Crippen LogP contribution in [0.1, 0.15) is 19.8 Å². The minimum atomic E-state index is -0.156. The smallest absolute Gasteiger partial charge is 0.327 e. The van der Waals surface area contributed by atoms with Crippen molar-refractivity contribution in [3.8, 4) is 0 Å². The molecular formula is C10H14N2O2. The Morgan fingerprint density at radius 3 is 3.00 bits per heavy atom. The van der Waals surface area contributed by atoms with E-state index in [1.165, 1.54) is 0 Å². The monoisotopic (exact) mass is 194 g/mol. The molecular weight excluding hydrogens is 180 g/mol. The maximum atomic E-state index is 11.5. The van der Waals surface area contributed by atoms with Gasteiger partial charge >= 0.3 is 6.03 Å². The first-order valence-electron chi connectivity index (χ1n) is 4.78. The predicted octanol–water partition coefficient (Wildman–Crippen LogP) is 1.56. The fourth-order valence-corrected chi connectivity index (χ4v) is 1.69. The van der Waals surface area contributed by atoms with Gasteiger partial charge in [0, 0.05) is 11.9 Å². The van der Waals surface area contributed by atoms with Crippen molar-refractivity contribution in [2.24, 2.45) is 0 Å². The number of nitrogens with zero attached hydrogens (tertiary/aromatic N) is 1. The summed E-state index contributed by atoms with van der Waals surface area (Å²) in [4.78, 5) is 13.1. The van der Waals surface area contributed by atoms with E-state index in [0.717, 1.165) is 12.8 Å². The lowest BCUT2D eigenvalue weighted by molar-refractivity contribution is -0.00946. The van der Waals surface area contributed by atoms with Gasteiger partial charge in [-0.05, 0) is 25.8 Å². The summed E-state index contributed by atoms with van der Waals surface area (Å²) in [6, 6.07) is -0.156. The highest BCUT2D eigenvalue weighted by Gasteiger charge is 2.30. The number of urea groups is 1. The van der Waals surface area contributed by atoms with E-state index >= 15 is 0 Å². The molecule has 0 saturated carbocycles. The van der Waals surface area contributed by atoms with Crippen molar-refractivity contribution in [2.45, 2.75) is 32.1 Å². The van der Waals surface area contributed by atoms with Crippen molar-refractivity contribution in [3.05, 3.63) is 24.6 Å². The molecule has 0 aromatic carbocycles. The van der Waals surface area contributed by atoms with Gasteiger partial charge in [-0.3, -0.25) is 4.90 Å². The SMILES string of the molecule is C=C1C=CN(C2CCC(C)O2)C(=O)N1. The Kier molecular flexibility index (Phi) is 2.29. The van der Waals surface area contributed by atoms with Gasteiger partial charge in [-0.2, -0.15) is 0 Å². The summed E-state index contributed by atoms with van der Waals surface area (Å²) in [5.74, 6) is 0. The lowest BCUT2D eigenvalue weighted by Crippen LogP contribution is -2.44. The summed E-state index contributed by atoms with van der Waals surface area (Å²) in [6.07, 6.45) is 5.52. The molecule has 2 unspecified atom stereocenters. The number of nitrogens with one attached hydrogen (secondary N) is 1. The zero-order valence-electron chi connectivity index (χ0n) is 8.19. The van der Waals surface area contributed by atoms with Crippen molar-refractivity contribution in [1.29, 1.82) is 0 Å². The largest absolute Gasteiger partial charge is 0.355 e.